The fourth-order valence-electron chi connectivity index (χ4n) is 3.17. The van der Waals surface area contributed by atoms with Gasteiger partial charge in [0.25, 0.3) is 5.91 Å². The third kappa shape index (κ3) is 5.35. The third-order valence-corrected chi connectivity index (χ3v) is 5.95. The summed E-state index contributed by atoms with van der Waals surface area (Å²) < 4.78 is 5.42. The summed E-state index contributed by atoms with van der Waals surface area (Å²) in [6.07, 6.45) is 0.241. The molecule has 2 heterocycles. The summed E-state index contributed by atoms with van der Waals surface area (Å²) in [4.78, 5) is 41.9. The minimum Gasteiger partial charge on any atom is -0.444 e. The first kappa shape index (κ1) is 22.6. The highest BCUT2D eigenvalue weighted by Crippen LogP contribution is 2.30. The SMILES string of the molecule is CN(CC(=O)c1ccc([O])c([O])c1)C(=O)c1cc2c(s1)CCN(C(=O)OC(C)(C)C)C2. The summed E-state index contributed by atoms with van der Waals surface area (Å²) in [6.45, 7) is 6.09. The van der Waals surface area contributed by atoms with Crippen LogP contribution in [0.4, 0.5) is 4.79 Å². The molecule has 1 aliphatic rings. The van der Waals surface area contributed by atoms with Crippen LogP contribution in [0.2, 0.25) is 0 Å². The van der Waals surface area contributed by atoms with Gasteiger partial charge >= 0.3 is 6.09 Å². The molecule has 3 rings (SSSR count). The molecule has 0 N–H and O–H groups in total. The van der Waals surface area contributed by atoms with Crippen molar-refractivity contribution < 1.29 is 29.3 Å². The number of likely N-dealkylation sites (N-methyl/N-ethyl adjacent to an activating group) is 1. The second-order valence-corrected chi connectivity index (χ2v) is 9.59. The standard InChI is InChI=1S/C22H24N2O6S/c1-22(2,3)30-21(29)24-8-7-18-14(11-24)10-19(31-18)20(28)23(4)12-17(27)13-5-6-15(25)16(26)9-13/h5-6,9-10H,7-8,11-12H2,1-4H3. The van der Waals surface area contributed by atoms with Crippen LogP contribution in [0.5, 0.6) is 11.5 Å². The molecule has 31 heavy (non-hydrogen) atoms. The van der Waals surface area contributed by atoms with Gasteiger partial charge in [-0.1, -0.05) is 0 Å². The van der Waals surface area contributed by atoms with Crippen molar-refractivity contribution in [1.82, 2.24) is 9.80 Å². The molecule has 8 nitrogen and oxygen atoms in total. The zero-order valence-electron chi connectivity index (χ0n) is 17.9. The van der Waals surface area contributed by atoms with Crippen molar-refractivity contribution in [3.05, 3.63) is 45.1 Å². The maximum absolute atomic E-state index is 12.8. The first-order valence-corrected chi connectivity index (χ1v) is 10.6. The second kappa shape index (κ2) is 8.58. The Morgan fingerprint density at radius 2 is 1.84 bits per heavy atom. The maximum Gasteiger partial charge on any atom is 0.410 e. The first-order valence-electron chi connectivity index (χ1n) is 9.81. The van der Waals surface area contributed by atoms with Crippen LogP contribution in [0, 0.1) is 0 Å². The van der Waals surface area contributed by atoms with Gasteiger partial charge in [0, 0.05) is 30.1 Å². The van der Waals surface area contributed by atoms with E-state index in [0.29, 0.717) is 24.4 Å². The molecule has 1 aromatic carbocycles. The lowest BCUT2D eigenvalue weighted by Gasteiger charge is -2.29. The summed E-state index contributed by atoms with van der Waals surface area (Å²) in [5.41, 5.74) is 0.415. The van der Waals surface area contributed by atoms with Gasteiger partial charge in [0.2, 0.25) is 11.5 Å². The van der Waals surface area contributed by atoms with Crippen molar-refractivity contribution in [2.75, 3.05) is 20.1 Å². The number of amides is 2. The van der Waals surface area contributed by atoms with E-state index in [1.54, 1.807) is 11.0 Å². The predicted octanol–water partition coefficient (Wildman–Crippen LogP) is 4.28. The van der Waals surface area contributed by atoms with Crippen LogP contribution in [0.1, 0.15) is 51.2 Å². The lowest BCUT2D eigenvalue weighted by Crippen LogP contribution is -2.39. The summed E-state index contributed by atoms with van der Waals surface area (Å²) in [6, 6.07) is 5.10. The summed E-state index contributed by atoms with van der Waals surface area (Å²) >= 11 is 1.35. The van der Waals surface area contributed by atoms with Crippen LogP contribution in [0.15, 0.2) is 24.3 Å². The molecule has 0 saturated carbocycles. The van der Waals surface area contributed by atoms with Gasteiger partial charge in [-0.3, -0.25) is 19.8 Å². The normalized spacial score (nSPS) is 13.5. The number of fused-ring (bicyclic) bond motifs is 1. The molecular formula is C22H24N2O6S. The van der Waals surface area contributed by atoms with Crippen molar-refractivity contribution in [3.63, 3.8) is 0 Å². The van der Waals surface area contributed by atoms with E-state index >= 15 is 0 Å². The number of hydrogen-bond acceptors (Lipinski definition) is 5. The number of hydrogen-bond donors (Lipinski definition) is 0. The molecule has 2 radical (unpaired) electrons. The number of carbonyl (C=O) groups is 3. The fraction of sp³-hybridized carbons (Fsp3) is 0.409. The Morgan fingerprint density at radius 1 is 1.13 bits per heavy atom. The molecule has 0 aliphatic carbocycles. The Morgan fingerprint density at radius 3 is 2.48 bits per heavy atom. The van der Waals surface area contributed by atoms with E-state index in [1.165, 1.54) is 29.4 Å². The molecule has 0 spiro atoms. The fourth-order valence-corrected chi connectivity index (χ4v) is 4.33. The van der Waals surface area contributed by atoms with Crippen LogP contribution < -0.4 is 0 Å². The largest absolute Gasteiger partial charge is 0.444 e. The lowest BCUT2D eigenvalue weighted by atomic mass is 10.1. The third-order valence-electron chi connectivity index (χ3n) is 4.72. The molecule has 0 fully saturated rings. The van der Waals surface area contributed by atoms with E-state index in [0.717, 1.165) is 22.6 Å². The van der Waals surface area contributed by atoms with E-state index in [-0.39, 0.29) is 24.1 Å². The zero-order valence-corrected chi connectivity index (χ0v) is 18.7. The zero-order chi connectivity index (χ0) is 22.9. The highest BCUT2D eigenvalue weighted by Gasteiger charge is 2.28. The van der Waals surface area contributed by atoms with Crippen LogP contribution in [0.3, 0.4) is 0 Å². The van der Waals surface area contributed by atoms with E-state index in [9.17, 15) is 24.6 Å². The average molecular weight is 445 g/mol. The van der Waals surface area contributed by atoms with Crippen LogP contribution >= 0.6 is 11.3 Å². The molecular weight excluding hydrogens is 420 g/mol. The first-order chi connectivity index (χ1) is 14.4. The van der Waals surface area contributed by atoms with E-state index in [4.69, 9.17) is 4.74 Å². The van der Waals surface area contributed by atoms with Gasteiger partial charge in [-0.15, -0.1) is 11.3 Å². The highest BCUT2D eigenvalue weighted by atomic mass is 32.1. The minimum absolute atomic E-state index is 0.0997. The molecule has 1 aromatic heterocycles. The van der Waals surface area contributed by atoms with Crippen LogP contribution in [-0.2, 0) is 27.9 Å². The smallest absolute Gasteiger partial charge is 0.410 e. The van der Waals surface area contributed by atoms with Crippen LogP contribution in [-0.4, -0.2) is 53.3 Å². The number of carbonyl (C=O) groups excluding carboxylic acids is 3. The Labute approximate surface area is 184 Å². The van der Waals surface area contributed by atoms with Crippen molar-refractivity contribution in [3.8, 4) is 11.5 Å². The molecule has 0 saturated heterocycles. The van der Waals surface area contributed by atoms with Gasteiger partial charge in [-0.25, -0.2) is 4.79 Å². The number of ether oxygens (including phenoxy) is 1. The monoisotopic (exact) mass is 444 g/mol. The molecule has 2 aromatic rings. The molecule has 2 amide bonds. The van der Waals surface area contributed by atoms with Gasteiger partial charge in [-0.2, -0.15) is 0 Å². The van der Waals surface area contributed by atoms with Crippen LogP contribution in [0.25, 0.3) is 0 Å². The molecule has 0 bridgehead atoms. The number of ketones is 1. The summed E-state index contributed by atoms with van der Waals surface area (Å²) in [7, 11) is 1.51. The predicted molar refractivity (Wildman–Crippen MR) is 113 cm³/mol. The van der Waals surface area contributed by atoms with Gasteiger partial charge in [0.15, 0.2) is 5.78 Å². The van der Waals surface area contributed by atoms with Crippen molar-refractivity contribution in [2.24, 2.45) is 0 Å². The Balaban J connectivity index is 1.66. The maximum atomic E-state index is 12.8. The average Bonchev–Trinajstić information content (AvgIpc) is 3.11. The van der Waals surface area contributed by atoms with Gasteiger partial charge in [-0.05, 0) is 51.0 Å². The quantitative estimate of drug-likeness (QED) is 0.656. The second-order valence-electron chi connectivity index (χ2n) is 8.46. The number of Topliss-reactive ketones (excluding diaryl/α,β-unsaturated/α-hetero) is 1. The lowest BCUT2D eigenvalue weighted by molar-refractivity contribution is 0.0225. The van der Waals surface area contributed by atoms with Gasteiger partial charge < -0.3 is 14.5 Å². The van der Waals surface area contributed by atoms with Crippen molar-refractivity contribution in [2.45, 2.75) is 39.3 Å². The molecule has 164 valence electrons. The molecule has 0 atom stereocenters. The minimum atomic E-state index is -0.750. The number of benzene rings is 1. The summed E-state index contributed by atoms with van der Waals surface area (Å²) in [5, 5.41) is 22.7. The van der Waals surface area contributed by atoms with E-state index in [1.807, 2.05) is 20.8 Å². The Hall–Kier alpha value is -3.07. The number of nitrogens with zero attached hydrogens (tertiary/aromatic N) is 2. The number of rotatable bonds is 4. The summed E-state index contributed by atoms with van der Waals surface area (Å²) in [5.74, 6) is -2.17. The Kier molecular flexibility index (Phi) is 6.26. The molecule has 9 heteroatoms. The Bertz CT molecular complexity index is 1020. The molecule has 0 unspecified atom stereocenters. The number of thiophene rings is 1. The topological polar surface area (TPSA) is 107 Å². The van der Waals surface area contributed by atoms with E-state index < -0.39 is 22.9 Å². The van der Waals surface area contributed by atoms with E-state index in [2.05, 4.69) is 0 Å². The van der Waals surface area contributed by atoms with Crippen molar-refractivity contribution >= 4 is 29.1 Å². The van der Waals surface area contributed by atoms with Gasteiger partial charge in [0.1, 0.15) is 5.60 Å². The van der Waals surface area contributed by atoms with Gasteiger partial charge in [0.05, 0.1) is 18.0 Å². The van der Waals surface area contributed by atoms with Crippen molar-refractivity contribution in [1.29, 1.82) is 0 Å². The highest BCUT2D eigenvalue weighted by molar-refractivity contribution is 7.14. The molecule has 1 aliphatic heterocycles.